The van der Waals surface area contributed by atoms with Crippen LogP contribution in [0.5, 0.6) is 5.75 Å². The van der Waals surface area contributed by atoms with Gasteiger partial charge in [-0.05, 0) is 18.2 Å². The van der Waals surface area contributed by atoms with Gasteiger partial charge in [-0.3, -0.25) is 9.59 Å². The molecule has 0 radical (unpaired) electrons. The number of hydrazone groups is 1. The molecule has 3 aromatic rings. The third kappa shape index (κ3) is 4.15. The maximum absolute atomic E-state index is 12.2. The van der Waals surface area contributed by atoms with Gasteiger partial charge in [-0.1, -0.05) is 30.3 Å². The van der Waals surface area contributed by atoms with Crippen molar-refractivity contribution < 1.29 is 14.3 Å². The number of hydrogen-bond donors (Lipinski definition) is 1. The Bertz CT molecular complexity index is 962. The van der Waals surface area contributed by atoms with Crippen LogP contribution < -0.4 is 10.2 Å². The van der Waals surface area contributed by atoms with Gasteiger partial charge in [0.15, 0.2) is 5.78 Å². The molecule has 0 saturated heterocycles. The molecule has 3 rings (SSSR count). The van der Waals surface area contributed by atoms with Crippen molar-refractivity contribution in [2.24, 2.45) is 5.10 Å². The minimum absolute atomic E-state index is 0.0681. The van der Waals surface area contributed by atoms with E-state index in [4.69, 9.17) is 4.74 Å². The van der Waals surface area contributed by atoms with Gasteiger partial charge in [-0.25, -0.2) is 5.43 Å². The molecule has 0 bridgehead atoms. The number of carbonyl (C=O) groups excluding carboxylic acids is 2. The highest BCUT2D eigenvalue weighted by atomic mass is 32.1. The molecule has 0 aliphatic rings. The first-order valence-electron chi connectivity index (χ1n) is 8.13. The summed E-state index contributed by atoms with van der Waals surface area (Å²) >= 11 is 1.63. The fourth-order valence-electron chi connectivity index (χ4n) is 2.56. The lowest BCUT2D eigenvalue weighted by Gasteiger charge is -2.06. The normalized spacial score (nSPS) is 11.0. The number of para-hydroxylation sites is 1. The van der Waals surface area contributed by atoms with Gasteiger partial charge in [0.25, 0.3) is 0 Å². The summed E-state index contributed by atoms with van der Waals surface area (Å²) in [4.78, 5) is 24.2. The molecule has 0 unspecified atom stereocenters. The number of hydrogen-bond acceptors (Lipinski definition) is 5. The van der Waals surface area contributed by atoms with Crippen LogP contribution in [0.3, 0.4) is 0 Å². The van der Waals surface area contributed by atoms with Crippen molar-refractivity contribution in [1.29, 1.82) is 0 Å². The lowest BCUT2D eigenvalue weighted by molar-refractivity contribution is -0.121. The highest BCUT2D eigenvalue weighted by molar-refractivity contribution is 7.17. The van der Waals surface area contributed by atoms with Gasteiger partial charge in [0.2, 0.25) is 5.91 Å². The summed E-state index contributed by atoms with van der Waals surface area (Å²) in [5.74, 6) is 0.0784. The van der Waals surface area contributed by atoms with E-state index in [-0.39, 0.29) is 24.5 Å². The summed E-state index contributed by atoms with van der Waals surface area (Å²) in [5, 5.41) is 7.08. The molecule has 1 aromatic heterocycles. The summed E-state index contributed by atoms with van der Waals surface area (Å²) in [6.07, 6.45) is 1.79. The predicted octanol–water partition coefficient (Wildman–Crippen LogP) is 4.02. The summed E-state index contributed by atoms with van der Waals surface area (Å²) in [5.41, 5.74) is 3.91. The number of amides is 1. The molecule has 1 amide bonds. The Balaban J connectivity index is 1.53. The molecule has 0 aliphatic carbocycles. The Morgan fingerprint density at radius 3 is 2.73 bits per heavy atom. The van der Waals surface area contributed by atoms with Crippen molar-refractivity contribution in [1.82, 2.24) is 5.43 Å². The Morgan fingerprint density at radius 2 is 1.88 bits per heavy atom. The average Bonchev–Trinajstić information content (AvgIpc) is 3.09. The van der Waals surface area contributed by atoms with E-state index in [1.807, 2.05) is 29.6 Å². The van der Waals surface area contributed by atoms with Gasteiger partial charge in [-0.15, -0.1) is 11.3 Å². The van der Waals surface area contributed by atoms with Crippen LogP contribution in [-0.4, -0.2) is 25.0 Å². The fourth-order valence-corrected chi connectivity index (χ4v) is 3.48. The zero-order chi connectivity index (χ0) is 18.4. The van der Waals surface area contributed by atoms with E-state index in [0.717, 1.165) is 10.9 Å². The van der Waals surface area contributed by atoms with Crippen LogP contribution in [0.4, 0.5) is 0 Å². The summed E-state index contributed by atoms with van der Waals surface area (Å²) in [6, 6.07) is 15.0. The Morgan fingerprint density at radius 1 is 1.12 bits per heavy atom. The first kappa shape index (κ1) is 17.8. The molecule has 6 heteroatoms. The second kappa shape index (κ2) is 8.40. The van der Waals surface area contributed by atoms with Crippen molar-refractivity contribution in [3.05, 3.63) is 65.0 Å². The summed E-state index contributed by atoms with van der Waals surface area (Å²) in [6.45, 7) is 0. The fraction of sp³-hybridized carbons (Fsp3) is 0.150. The standard InChI is InChI=1S/C20H18N2O3S/c1-25-18-8-4-2-7-16(18)17(23)10-11-20(24)22-21-12-14-13-26-19-9-5-3-6-15(14)19/h2-9,12-13H,10-11H2,1H3,(H,22,24)/b21-12+. The van der Waals surface area contributed by atoms with Crippen LogP contribution in [0.2, 0.25) is 0 Å². The highest BCUT2D eigenvalue weighted by Crippen LogP contribution is 2.24. The molecule has 0 fully saturated rings. The van der Waals surface area contributed by atoms with E-state index in [2.05, 4.69) is 10.5 Å². The molecule has 0 spiro atoms. The number of nitrogens with one attached hydrogen (secondary N) is 1. The molecule has 5 nitrogen and oxygen atoms in total. The molecule has 2 aromatic carbocycles. The number of benzene rings is 2. The van der Waals surface area contributed by atoms with Gasteiger partial charge in [0, 0.05) is 33.9 Å². The summed E-state index contributed by atoms with van der Waals surface area (Å²) < 4.78 is 6.34. The molecule has 0 aliphatic heterocycles. The van der Waals surface area contributed by atoms with Crippen molar-refractivity contribution in [3.63, 3.8) is 0 Å². The van der Waals surface area contributed by atoms with Crippen LogP contribution in [0.15, 0.2) is 59.0 Å². The first-order chi connectivity index (χ1) is 12.7. The minimum atomic E-state index is -0.302. The Kier molecular flexibility index (Phi) is 5.76. The number of Topliss-reactive ketones (excluding diaryl/α,β-unsaturated/α-hetero) is 1. The van der Waals surface area contributed by atoms with E-state index < -0.39 is 0 Å². The first-order valence-corrected chi connectivity index (χ1v) is 9.01. The van der Waals surface area contributed by atoms with E-state index in [9.17, 15) is 9.59 Å². The van der Waals surface area contributed by atoms with Gasteiger partial charge in [-0.2, -0.15) is 5.10 Å². The second-order valence-electron chi connectivity index (χ2n) is 5.60. The quantitative estimate of drug-likeness (QED) is 0.390. The van der Waals surface area contributed by atoms with Crippen LogP contribution in [-0.2, 0) is 4.79 Å². The number of ketones is 1. The number of rotatable bonds is 7. The number of nitrogens with zero attached hydrogens (tertiary/aromatic N) is 1. The average molecular weight is 366 g/mol. The third-order valence-corrected chi connectivity index (χ3v) is 4.87. The van der Waals surface area contributed by atoms with Crippen LogP contribution in [0, 0.1) is 0 Å². The molecule has 1 N–H and O–H groups in total. The SMILES string of the molecule is COc1ccccc1C(=O)CCC(=O)N/N=C/c1csc2ccccc12. The van der Waals surface area contributed by atoms with Crippen molar-refractivity contribution in [2.45, 2.75) is 12.8 Å². The van der Waals surface area contributed by atoms with Crippen LogP contribution in [0.1, 0.15) is 28.8 Å². The minimum Gasteiger partial charge on any atom is -0.496 e. The Hall–Kier alpha value is -2.99. The number of fused-ring (bicyclic) bond motifs is 1. The smallest absolute Gasteiger partial charge is 0.240 e. The van der Waals surface area contributed by atoms with Crippen molar-refractivity contribution in [3.8, 4) is 5.75 Å². The van der Waals surface area contributed by atoms with E-state index in [1.165, 1.54) is 11.8 Å². The highest BCUT2D eigenvalue weighted by Gasteiger charge is 2.13. The van der Waals surface area contributed by atoms with Gasteiger partial charge < -0.3 is 4.74 Å². The van der Waals surface area contributed by atoms with Crippen LogP contribution in [0.25, 0.3) is 10.1 Å². The Labute approximate surface area is 155 Å². The van der Waals surface area contributed by atoms with E-state index in [1.54, 1.807) is 41.8 Å². The number of ether oxygens (including phenoxy) is 1. The molecule has 0 saturated carbocycles. The topological polar surface area (TPSA) is 67.8 Å². The second-order valence-corrected chi connectivity index (χ2v) is 6.52. The van der Waals surface area contributed by atoms with Crippen molar-refractivity contribution >= 4 is 39.3 Å². The molecular formula is C20H18N2O3S. The van der Waals surface area contributed by atoms with Gasteiger partial charge in [0.05, 0.1) is 18.9 Å². The molecular weight excluding hydrogens is 348 g/mol. The molecule has 26 heavy (non-hydrogen) atoms. The molecule has 132 valence electrons. The zero-order valence-corrected chi connectivity index (χ0v) is 15.1. The zero-order valence-electron chi connectivity index (χ0n) is 14.3. The molecule has 0 atom stereocenters. The van der Waals surface area contributed by atoms with Gasteiger partial charge >= 0.3 is 0 Å². The predicted molar refractivity (Wildman–Crippen MR) is 104 cm³/mol. The van der Waals surface area contributed by atoms with Gasteiger partial charge in [0.1, 0.15) is 5.75 Å². The summed E-state index contributed by atoms with van der Waals surface area (Å²) in [7, 11) is 1.52. The largest absolute Gasteiger partial charge is 0.496 e. The lowest BCUT2D eigenvalue weighted by Crippen LogP contribution is -2.18. The monoisotopic (exact) mass is 366 g/mol. The molecule has 1 heterocycles. The van der Waals surface area contributed by atoms with E-state index >= 15 is 0 Å². The third-order valence-electron chi connectivity index (χ3n) is 3.89. The lowest BCUT2D eigenvalue weighted by atomic mass is 10.1. The van der Waals surface area contributed by atoms with E-state index in [0.29, 0.717) is 11.3 Å². The van der Waals surface area contributed by atoms with Crippen LogP contribution >= 0.6 is 11.3 Å². The maximum Gasteiger partial charge on any atom is 0.240 e. The number of thiophene rings is 1. The van der Waals surface area contributed by atoms with Crippen molar-refractivity contribution in [2.75, 3.05) is 7.11 Å². The number of methoxy groups -OCH3 is 1. The maximum atomic E-state index is 12.2. The number of carbonyl (C=O) groups is 2.